The van der Waals surface area contributed by atoms with Gasteiger partial charge in [0.25, 0.3) is 0 Å². The second-order valence-electron chi connectivity index (χ2n) is 9.46. The van der Waals surface area contributed by atoms with Crippen molar-refractivity contribution in [3.8, 4) is 11.5 Å². The molecule has 1 aliphatic carbocycles. The molecule has 0 heterocycles. The van der Waals surface area contributed by atoms with Crippen LogP contribution in [0.25, 0.3) is 0 Å². The van der Waals surface area contributed by atoms with Gasteiger partial charge < -0.3 is 14.6 Å². The van der Waals surface area contributed by atoms with Crippen LogP contribution in [0.5, 0.6) is 11.5 Å². The molecule has 0 aliphatic heterocycles. The van der Waals surface area contributed by atoms with E-state index in [0.29, 0.717) is 13.2 Å². The van der Waals surface area contributed by atoms with Crippen LogP contribution in [0.15, 0.2) is 103 Å². The molecule has 5 rings (SSSR count). The number of aliphatic hydroxyl groups excluding tert-OH is 1. The molecular formula is C32H33NO3. The maximum atomic E-state index is 11.4. The summed E-state index contributed by atoms with van der Waals surface area (Å²) in [5.74, 6) is 1.47. The van der Waals surface area contributed by atoms with Crippen LogP contribution in [0.2, 0.25) is 0 Å². The Labute approximate surface area is 213 Å². The van der Waals surface area contributed by atoms with Crippen LogP contribution in [-0.4, -0.2) is 23.1 Å². The Morgan fingerprint density at radius 2 is 1.28 bits per heavy atom. The summed E-state index contributed by atoms with van der Waals surface area (Å²) in [6.45, 7) is 1.71. The SMILES string of the molecule is CN(Cc1ccccc1)C1CCc2c(ccc(OCc3ccccc3)c2OCc2ccccc2)C1O. The predicted octanol–water partition coefficient (Wildman–Crippen LogP) is 6.32. The molecule has 0 bridgehead atoms. The highest BCUT2D eigenvalue weighted by Gasteiger charge is 2.33. The largest absolute Gasteiger partial charge is 0.485 e. The van der Waals surface area contributed by atoms with E-state index in [1.54, 1.807) is 0 Å². The van der Waals surface area contributed by atoms with E-state index in [4.69, 9.17) is 9.47 Å². The Morgan fingerprint density at radius 3 is 1.89 bits per heavy atom. The molecule has 0 saturated carbocycles. The van der Waals surface area contributed by atoms with Crippen LogP contribution in [0.4, 0.5) is 0 Å². The van der Waals surface area contributed by atoms with E-state index in [1.807, 2.05) is 54.6 Å². The highest BCUT2D eigenvalue weighted by atomic mass is 16.5. The van der Waals surface area contributed by atoms with Crippen molar-refractivity contribution < 1.29 is 14.6 Å². The van der Waals surface area contributed by atoms with E-state index in [0.717, 1.165) is 53.1 Å². The van der Waals surface area contributed by atoms with Gasteiger partial charge >= 0.3 is 0 Å². The zero-order valence-corrected chi connectivity index (χ0v) is 20.7. The fourth-order valence-corrected chi connectivity index (χ4v) is 5.00. The lowest BCUT2D eigenvalue weighted by atomic mass is 9.84. The van der Waals surface area contributed by atoms with E-state index in [-0.39, 0.29) is 6.04 Å². The maximum absolute atomic E-state index is 11.4. The second-order valence-corrected chi connectivity index (χ2v) is 9.46. The number of hydrogen-bond acceptors (Lipinski definition) is 4. The average Bonchev–Trinajstić information content (AvgIpc) is 2.92. The minimum Gasteiger partial charge on any atom is -0.485 e. The molecule has 4 aromatic rings. The first kappa shape index (κ1) is 24.1. The summed E-state index contributed by atoms with van der Waals surface area (Å²) in [6, 6.07) is 34.7. The minimum atomic E-state index is -0.593. The summed E-state index contributed by atoms with van der Waals surface area (Å²) in [4.78, 5) is 2.26. The van der Waals surface area contributed by atoms with Gasteiger partial charge in [0.1, 0.15) is 13.2 Å². The smallest absolute Gasteiger partial charge is 0.165 e. The predicted molar refractivity (Wildman–Crippen MR) is 143 cm³/mol. The summed E-state index contributed by atoms with van der Waals surface area (Å²) in [5.41, 5.74) is 5.43. The third kappa shape index (κ3) is 5.62. The van der Waals surface area contributed by atoms with Crippen LogP contribution >= 0.6 is 0 Å². The Bertz CT molecular complexity index is 1240. The Kier molecular flexibility index (Phi) is 7.65. The van der Waals surface area contributed by atoms with Gasteiger partial charge in [-0.3, -0.25) is 4.90 Å². The van der Waals surface area contributed by atoms with Gasteiger partial charge in [0, 0.05) is 18.2 Å². The van der Waals surface area contributed by atoms with Crippen molar-refractivity contribution in [1.82, 2.24) is 4.90 Å². The number of rotatable bonds is 9. The lowest BCUT2D eigenvalue weighted by molar-refractivity contribution is 0.0454. The van der Waals surface area contributed by atoms with E-state index in [2.05, 4.69) is 60.5 Å². The van der Waals surface area contributed by atoms with Crippen LogP contribution in [-0.2, 0) is 26.2 Å². The molecule has 4 nitrogen and oxygen atoms in total. The number of nitrogens with zero attached hydrogens (tertiary/aromatic N) is 1. The van der Waals surface area contributed by atoms with Crippen molar-refractivity contribution >= 4 is 0 Å². The molecule has 1 aliphatic rings. The number of benzene rings is 4. The monoisotopic (exact) mass is 479 g/mol. The van der Waals surface area contributed by atoms with Crippen molar-refractivity contribution in [2.24, 2.45) is 0 Å². The molecular weight excluding hydrogens is 446 g/mol. The number of hydrogen-bond donors (Lipinski definition) is 1. The topological polar surface area (TPSA) is 41.9 Å². The quantitative estimate of drug-likeness (QED) is 0.305. The summed E-state index contributed by atoms with van der Waals surface area (Å²) in [5, 5.41) is 11.4. The van der Waals surface area contributed by atoms with Gasteiger partial charge in [0.15, 0.2) is 11.5 Å². The minimum absolute atomic E-state index is 0.0377. The van der Waals surface area contributed by atoms with Gasteiger partial charge in [0.05, 0.1) is 6.10 Å². The van der Waals surface area contributed by atoms with Gasteiger partial charge in [-0.1, -0.05) is 97.1 Å². The molecule has 184 valence electrons. The molecule has 1 N–H and O–H groups in total. The molecule has 0 radical (unpaired) electrons. The fourth-order valence-electron chi connectivity index (χ4n) is 5.00. The van der Waals surface area contributed by atoms with E-state index >= 15 is 0 Å². The van der Waals surface area contributed by atoms with E-state index in [9.17, 15) is 5.11 Å². The lowest BCUT2D eigenvalue weighted by Gasteiger charge is -2.37. The first-order chi connectivity index (χ1) is 17.7. The highest BCUT2D eigenvalue weighted by Crippen LogP contribution is 2.43. The Balaban J connectivity index is 1.39. The zero-order valence-electron chi connectivity index (χ0n) is 20.7. The number of ether oxygens (including phenoxy) is 2. The zero-order chi connectivity index (χ0) is 24.7. The normalized spacial score (nSPS) is 17.0. The van der Waals surface area contributed by atoms with Gasteiger partial charge in [-0.15, -0.1) is 0 Å². The van der Waals surface area contributed by atoms with Gasteiger partial charge in [0.2, 0.25) is 0 Å². The van der Waals surface area contributed by atoms with Crippen molar-refractivity contribution in [2.75, 3.05) is 7.05 Å². The second kappa shape index (κ2) is 11.4. The van der Waals surface area contributed by atoms with Crippen LogP contribution < -0.4 is 9.47 Å². The maximum Gasteiger partial charge on any atom is 0.165 e. The molecule has 0 amide bonds. The summed E-state index contributed by atoms with van der Waals surface area (Å²) in [6.07, 6.45) is 1.08. The van der Waals surface area contributed by atoms with Gasteiger partial charge in [-0.25, -0.2) is 0 Å². The van der Waals surface area contributed by atoms with Crippen molar-refractivity contribution in [2.45, 2.75) is 44.7 Å². The van der Waals surface area contributed by atoms with Crippen molar-refractivity contribution in [3.05, 3.63) is 131 Å². The summed E-state index contributed by atoms with van der Waals surface area (Å²) in [7, 11) is 2.09. The number of likely N-dealkylation sites (N-methyl/N-ethyl adjacent to an activating group) is 1. The number of aliphatic hydroxyl groups is 1. The highest BCUT2D eigenvalue weighted by molar-refractivity contribution is 5.53. The van der Waals surface area contributed by atoms with E-state index in [1.165, 1.54) is 5.56 Å². The molecule has 4 heteroatoms. The lowest BCUT2D eigenvalue weighted by Crippen LogP contribution is -2.39. The van der Waals surface area contributed by atoms with E-state index < -0.39 is 6.10 Å². The first-order valence-electron chi connectivity index (χ1n) is 12.6. The molecule has 2 atom stereocenters. The molecule has 0 aromatic heterocycles. The molecule has 36 heavy (non-hydrogen) atoms. The summed E-state index contributed by atoms with van der Waals surface area (Å²) >= 11 is 0. The molecule has 0 fully saturated rings. The molecule has 0 spiro atoms. The van der Waals surface area contributed by atoms with Crippen LogP contribution in [0, 0.1) is 0 Å². The fraction of sp³-hybridized carbons (Fsp3) is 0.250. The Morgan fingerprint density at radius 1 is 0.722 bits per heavy atom. The third-order valence-electron chi connectivity index (χ3n) is 6.94. The van der Waals surface area contributed by atoms with Gasteiger partial charge in [-0.05, 0) is 48.2 Å². The molecule has 4 aromatic carbocycles. The molecule has 2 unspecified atom stereocenters. The van der Waals surface area contributed by atoms with Gasteiger partial charge in [-0.2, -0.15) is 0 Å². The van der Waals surface area contributed by atoms with Crippen LogP contribution in [0.3, 0.4) is 0 Å². The standard InChI is InChI=1S/C32H33NO3/c1-33(21-24-11-5-2-6-12-24)29-19-17-28-27(31(29)34)18-20-30(35-22-25-13-7-3-8-14-25)32(28)36-23-26-15-9-4-10-16-26/h2-16,18,20,29,31,34H,17,19,21-23H2,1H3. The first-order valence-corrected chi connectivity index (χ1v) is 12.6. The number of fused-ring (bicyclic) bond motifs is 1. The Hall–Kier alpha value is -3.60. The van der Waals surface area contributed by atoms with Crippen molar-refractivity contribution in [3.63, 3.8) is 0 Å². The third-order valence-corrected chi connectivity index (χ3v) is 6.94. The van der Waals surface area contributed by atoms with Crippen molar-refractivity contribution in [1.29, 1.82) is 0 Å². The molecule has 0 saturated heterocycles. The van der Waals surface area contributed by atoms with Crippen LogP contribution in [0.1, 0.15) is 40.3 Å². The summed E-state index contributed by atoms with van der Waals surface area (Å²) < 4.78 is 12.6. The average molecular weight is 480 g/mol.